The van der Waals surface area contributed by atoms with E-state index >= 15 is 0 Å². The number of carbonyl (C=O) groups is 1. The van der Waals surface area contributed by atoms with Gasteiger partial charge in [-0.25, -0.2) is 4.39 Å². The van der Waals surface area contributed by atoms with Crippen LogP contribution in [0.2, 0.25) is 0 Å². The van der Waals surface area contributed by atoms with E-state index in [9.17, 15) is 9.18 Å². The Hall–Kier alpha value is -3.01. The zero-order valence-electron chi connectivity index (χ0n) is 11.7. The molecule has 22 heavy (non-hydrogen) atoms. The number of halogens is 1. The van der Waals surface area contributed by atoms with Gasteiger partial charge < -0.3 is 5.32 Å². The Labute approximate surface area is 127 Å². The predicted molar refractivity (Wildman–Crippen MR) is 85.8 cm³/mol. The van der Waals surface area contributed by atoms with Crippen molar-refractivity contribution in [3.63, 3.8) is 0 Å². The molecule has 3 nitrogen and oxygen atoms in total. The molecule has 108 valence electrons. The summed E-state index contributed by atoms with van der Waals surface area (Å²) in [5.74, 6) is -0.543. The molecule has 0 unspecified atom stereocenters. The van der Waals surface area contributed by atoms with Gasteiger partial charge in [0.2, 0.25) is 5.91 Å². The van der Waals surface area contributed by atoms with Gasteiger partial charge in [0.05, 0.1) is 5.52 Å². The van der Waals surface area contributed by atoms with E-state index < -0.39 is 0 Å². The molecule has 0 fully saturated rings. The highest BCUT2D eigenvalue weighted by Gasteiger charge is 2.00. The molecule has 1 N–H and O–H groups in total. The smallest absolute Gasteiger partial charge is 0.248 e. The molecule has 0 radical (unpaired) electrons. The van der Waals surface area contributed by atoms with Crippen molar-refractivity contribution in [2.45, 2.75) is 0 Å². The number of pyridine rings is 1. The van der Waals surface area contributed by atoms with Gasteiger partial charge in [-0.15, -0.1) is 0 Å². The summed E-state index contributed by atoms with van der Waals surface area (Å²) in [4.78, 5) is 16.1. The number of rotatable bonds is 3. The summed E-state index contributed by atoms with van der Waals surface area (Å²) in [7, 11) is 0. The standard InChI is InChI=1S/C18H13FN2O/c19-15-6-3-13(4-7-15)5-10-18(22)21-16-8-9-17-14(12-16)2-1-11-20-17/h1-12H,(H,21,22)/b10-5+. The fourth-order valence-corrected chi connectivity index (χ4v) is 2.08. The number of hydrogen-bond donors (Lipinski definition) is 1. The second-order valence-electron chi connectivity index (χ2n) is 4.79. The predicted octanol–water partition coefficient (Wildman–Crippen LogP) is 4.03. The minimum absolute atomic E-state index is 0.243. The second kappa shape index (κ2) is 6.18. The molecule has 1 amide bonds. The van der Waals surface area contributed by atoms with Gasteiger partial charge >= 0.3 is 0 Å². The first-order chi connectivity index (χ1) is 10.7. The molecule has 0 aliphatic rings. The maximum atomic E-state index is 12.8. The Morgan fingerprint density at radius 2 is 1.91 bits per heavy atom. The summed E-state index contributed by atoms with van der Waals surface area (Å²) < 4.78 is 12.8. The monoisotopic (exact) mass is 292 g/mol. The van der Waals surface area contributed by atoms with Gasteiger partial charge in [-0.2, -0.15) is 0 Å². The molecule has 0 atom stereocenters. The van der Waals surface area contributed by atoms with Gasteiger partial charge in [0.1, 0.15) is 5.82 Å². The highest BCUT2D eigenvalue weighted by Crippen LogP contribution is 2.17. The number of anilines is 1. The third-order valence-electron chi connectivity index (χ3n) is 3.17. The third-order valence-corrected chi connectivity index (χ3v) is 3.17. The van der Waals surface area contributed by atoms with E-state index in [1.807, 2.05) is 24.3 Å². The molecule has 3 rings (SSSR count). The molecule has 0 spiro atoms. The van der Waals surface area contributed by atoms with E-state index in [-0.39, 0.29) is 11.7 Å². The number of benzene rings is 2. The third kappa shape index (κ3) is 3.35. The van der Waals surface area contributed by atoms with E-state index in [2.05, 4.69) is 10.3 Å². The number of amides is 1. The Bertz CT molecular complexity index is 841. The van der Waals surface area contributed by atoms with Crippen molar-refractivity contribution < 1.29 is 9.18 Å². The molecule has 0 aliphatic heterocycles. The van der Waals surface area contributed by atoms with Crippen molar-refractivity contribution in [3.8, 4) is 0 Å². The van der Waals surface area contributed by atoms with Gasteiger partial charge in [-0.1, -0.05) is 18.2 Å². The Morgan fingerprint density at radius 1 is 1.09 bits per heavy atom. The Kier molecular flexibility index (Phi) is 3.92. The first-order valence-electron chi connectivity index (χ1n) is 6.80. The van der Waals surface area contributed by atoms with Crippen LogP contribution in [0.4, 0.5) is 10.1 Å². The number of fused-ring (bicyclic) bond motifs is 1. The minimum atomic E-state index is -0.300. The van der Waals surface area contributed by atoms with Gasteiger partial charge in [0.15, 0.2) is 0 Å². The summed E-state index contributed by atoms with van der Waals surface area (Å²) in [6.07, 6.45) is 4.78. The van der Waals surface area contributed by atoms with Crippen molar-refractivity contribution >= 4 is 28.6 Å². The first-order valence-corrected chi connectivity index (χ1v) is 6.80. The molecule has 4 heteroatoms. The Balaban J connectivity index is 1.71. The number of hydrogen-bond acceptors (Lipinski definition) is 2. The van der Waals surface area contributed by atoms with E-state index in [0.29, 0.717) is 5.69 Å². The van der Waals surface area contributed by atoms with Crippen LogP contribution in [-0.2, 0) is 4.79 Å². The average molecular weight is 292 g/mol. The van der Waals surface area contributed by atoms with Gasteiger partial charge in [-0.05, 0) is 48.0 Å². The summed E-state index contributed by atoms with van der Waals surface area (Å²) >= 11 is 0. The van der Waals surface area contributed by atoms with Crippen LogP contribution in [-0.4, -0.2) is 10.9 Å². The second-order valence-corrected chi connectivity index (χ2v) is 4.79. The van der Waals surface area contributed by atoms with Crippen LogP contribution >= 0.6 is 0 Å². The van der Waals surface area contributed by atoms with E-state index in [1.54, 1.807) is 30.5 Å². The Morgan fingerprint density at radius 3 is 2.73 bits per heavy atom. The van der Waals surface area contributed by atoms with E-state index in [1.165, 1.54) is 18.2 Å². The lowest BCUT2D eigenvalue weighted by Crippen LogP contribution is -2.07. The molecule has 0 bridgehead atoms. The maximum absolute atomic E-state index is 12.8. The lowest BCUT2D eigenvalue weighted by atomic mass is 10.2. The highest BCUT2D eigenvalue weighted by molar-refractivity contribution is 6.02. The van der Waals surface area contributed by atoms with E-state index in [4.69, 9.17) is 0 Å². The van der Waals surface area contributed by atoms with Crippen LogP contribution in [0.1, 0.15) is 5.56 Å². The number of nitrogens with one attached hydrogen (secondary N) is 1. The van der Waals surface area contributed by atoms with Crippen LogP contribution in [0, 0.1) is 5.82 Å². The quantitative estimate of drug-likeness (QED) is 0.741. The largest absolute Gasteiger partial charge is 0.322 e. The normalized spacial score (nSPS) is 11.0. The van der Waals surface area contributed by atoms with Crippen molar-refractivity contribution in [2.75, 3.05) is 5.32 Å². The molecule has 3 aromatic rings. The summed E-state index contributed by atoms with van der Waals surface area (Å²) in [6, 6.07) is 15.2. The molecule has 0 saturated carbocycles. The van der Waals surface area contributed by atoms with Gasteiger partial charge in [0, 0.05) is 23.3 Å². The molecule has 0 saturated heterocycles. The van der Waals surface area contributed by atoms with Crippen molar-refractivity contribution in [2.24, 2.45) is 0 Å². The molecule has 1 heterocycles. The fourth-order valence-electron chi connectivity index (χ4n) is 2.08. The van der Waals surface area contributed by atoms with Crippen molar-refractivity contribution in [1.29, 1.82) is 0 Å². The lowest BCUT2D eigenvalue weighted by molar-refractivity contribution is -0.111. The van der Waals surface area contributed by atoms with Gasteiger partial charge in [0.25, 0.3) is 0 Å². The summed E-state index contributed by atoms with van der Waals surface area (Å²) in [5.41, 5.74) is 2.34. The maximum Gasteiger partial charge on any atom is 0.248 e. The summed E-state index contributed by atoms with van der Waals surface area (Å²) in [6.45, 7) is 0. The van der Waals surface area contributed by atoms with E-state index in [0.717, 1.165) is 16.5 Å². The van der Waals surface area contributed by atoms with Gasteiger partial charge in [-0.3, -0.25) is 9.78 Å². The average Bonchev–Trinajstić information content (AvgIpc) is 2.54. The fraction of sp³-hybridized carbons (Fsp3) is 0. The van der Waals surface area contributed by atoms with Crippen molar-refractivity contribution in [3.05, 3.63) is 78.3 Å². The van der Waals surface area contributed by atoms with Crippen LogP contribution in [0.15, 0.2) is 66.9 Å². The molecule has 2 aromatic carbocycles. The van der Waals surface area contributed by atoms with Crippen molar-refractivity contribution in [1.82, 2.24) is 4.98 Å². The number of aromatic nitrogens is 1. The molecule has 1 aromatic heterocycles. The van der Waals surface area contributed by atoms with Crippen LogP contribution in [0.3, 0.4) is 0 Å². The zero-order valence-corrected chi connectivity index (χ0v) is 11.7. The molecule has 0 aliphatic carbocycles. The number of carbonyl (C=O) groups excluding carboxylic acids is 1. The van der Waals surface area contributed by atoms with Crippen LogP contribution in [0.5, 0.6) is 0 Å². The minimum Gasteiger partial charge on any atom is -0.322 e. The van der Waals surface area contributed by atoms with Crippen LogP contribution in [0.25, 0.3) is 17.0 Å². The lowest BCUT2D eigenvalue weighted by Gasteiger charge is -2.03. The number of nitrogens with zero attached hydrogens (tertiary/aromatic N) is 1. The van der Waals surface area contributed by atoms with Crippen LogP contribution < -0.4 is 5.32 Å². The first kappa shape index (κ1) is 13.9. The topological polar surface area (TPSA) is 42.0 Å². The molecular formula is C18H13FN2O. The SMILES string of the molecule is O=C(/C=C/c1ccc(F)cc1)Nc1ccc2ncccc2c1. The zero-order chi connectivity index (χ0) is 15.4. The summed E-state index contributed by atoms with van der Waals surface area (Å²) in [5, 5.41) is 3.75. The highest BCUT2D eigenvalue weighted by atomic mass is 19.1. The molecular weight excluding hydrogens is 279 g/mol.